The minimum absolute atomic E-state index is 0. The molecule has 0 N–H and O–H groups in total. The smallest absolute Gasteiger partial charge is 0 e. The van der Waals surface area contributed by atoms with Gasteiger partial charge in [0.1, 0.15) is 0 Å². The minimum atomic E-state index is -0.446. The van der Waals surface area contributed by atoms with Crippen LogP contribution in [-0.4, -0.2) is 0 Å². The maximum Gasteiger partial charge on any atom is 0 e. The van der Waals surface area contributed by atoms with Crippen molar-refractivity contribution >= 4 is 83.9 Å². The molecular formula is C54H46ClCoP3. The topological polar surface area (TPSA) is 0 Å². The van der Waals surface area contributed by atoms with E-state index in [1.54, 1.807) is 0 Å². The van der Waals surface area contributed by atoms with E-state index in [2.05, 4.69) is 273 Å². The van der Waals surface area contributed by atoms with Crippen LogP contribution in [0.4, 0.5) is 0 Å². The van der Waals surface area contributed by atoms with Gasteiger partial charge in [-0.15, -0.1) is 12.4 Å². The van der Waals surface area contributed by atoms with Crippen LogP contribution in [0.15, 0.2) is 273 Å². The third-order valence-corrected chi connectivity index (χ3v) is 16.5. The molecule has 0 saturated carbocycles. The van der Waals surface area contributed by atoms with Crippen LogP contribution in [0.25, 0.3) is 0 Å². The molecule has 0 fully saturated rings. The maximum absolute atomic E-state index is 2.23. The van der Waals surface area contributed by atoms with Gasteiger partial charge in [0, 0.05) is 16.8 Å². The predicted octanol–water partition coefficient (Wildman–Crippen LogP) is 10.8. The summed E-state index contributed by atoms with van der Waals surface area (Å²) >= 11 is 0. The molecule has 9 rings (SSSR count). The second kappa shape index (κ2) is 24.9. The predicted molar refractivity (Wildman–Crippen MR) is 263 cm³/mol. The van der Waals surface area contributed by atoms with Gasteiger partial charge in [-0.3, -0.25) is 0 Å². The largest absolute Gasteiger partial charge is 0.147 e. The molecule has 1 radical (unpaired) electrons. The Balaban J connectivity index is 0.000000165. The summed E-state index contributed by atoms with van der Waals surface area (Å²) in [6.07, 6.45) is 0. The molecule has 293 valence electrons. The first-order valence-electron chi connectivity index (χ1n) is 19.2. The molecule has 0 spiro atoms. The zero-order chi connectivity index (χ0) is 38.7. The Bertz CT molecular complexity index is 1870. The van der Waals surface area contributed by atoms with Crippen molar-refractivity contribution in [1.29, 1.82) is 0 Å². The van der Waals surface area contributed by atoms with E-state index in [1.165, 1.54) is 47.7 Å². The monoisotopic (exact) mass is 881 g/mol. The van der Waals surface area contributed by atoms with Crippen LogP contribution >= 0.6 is 36.2 Å². The molecule has 0 aliphatic heterocycles. The molecule has 0 unspecified atom stereocenters. The Morgan fingerprint density at radius 1 is 0.153 bits per heavy atom. The molecule has 0 aliphatic carbocycles. The van der Waals surface area contributed by atoms with Gasteiger partial charge in [0.05, 0.1) is 0 Å². The Kier molecular flexibility index (Phi) is 19.0. The van der Waals surface area contributed by atoms with Gasteiger partial charge in [-0.05, 0) is 71.5 Å². The number of benzene rings is 9. The molecule has 0 saturated heterocycles. The van der Waals surface area contributed by atoms with E-state index < -0.39 is 23.8 Å². The fourth-order valence-corrected chi connectivity index (χ4v) is 13.5. The van der Waals surface area contributed by atoms with Gasteiger partial charge in [0.2, 0.25) is 0 Å². The third-order valence-electron chi connectivity index (χ3n) is 9.13. The van der Waals surface area contributed by atoms with Crippen molar-refractivity contribution in [3.63, 3.8) is 0 Å². The molecular weight excluding hydrogens is 836 g/mol. The van der Waals surface area contributed by atoms with Crippen molar-refractivity contribution in [3.05, 3.63) is 273 Å². The standard InChI is InChI=1S/3C18H15P.ClH.Co/c3*1-4-10-16(11-5-1)19(17-12-6-2-7-13-17)18-14-8-3-9-15-18;;/h3*1-15H;1H;. The second-order valence-electron chi connectivity index (χ2n) is 13.0. The number of hydrogen-bond donors (Lipinski definition) is 0. The first-order chi connectivity index (χ1) is 28.3. The first-order valence-corrected chi connectivity index (χ1v) is 23.2. The molecule has 0 bridgehead atoms. The van der Waals surface area contributed by atoms with Gasteiger partial charge in [0.15, 0.2) is 0 Å². The van der Waals surface area contributed by atoms with Gasteiger partial charge in [0.25, 0.3) is 0 Å². The van der Waals surface area contributed by atoms with Crippen molar-refractivity contribution in [1.82, 2.24) is 0 Å². The molecule has 0 nitrogen and oxygen atoms in total. The molecule has 0 heterocycles. The fourth-order valence-electron chi connectivity index (χ4n) is 6.54. The average Bonchev–Trinajstić information content (AvgIpc) is 3.30. The first kappa shape index (κ1) is 45.2. The SMILES string of the molecule is Cl.[Co].c1ccc(P(c2ccccc2)c2ccccc2)cc1.c1ccc(P(c2ccccc2)c2ccccc2)cc1.c1ccc(P(c2ccccc2)c2ccccc2)cc1. The quantitative estimate of drug-likeness (QED) is 0.127. The summed E-state index contributed by atoms with van der Waals surface area (Å²) in [5.74, 6) is 0. The molecule has 0 aromatic heterocycles. The van der Waals surface area contributed by atoms with Crippen LogP contribution in [-0.2, 0) is 16.8 Å². The van der Waals surface area contributed by atoms with Crippen molar-refractivity contribution in [2.75, 3.05) is 0 Å². The summed E-state index contributed by atoms with van der Waals surface area (Å²) in [6.45, 7) is 0. The van der Waals surface area contributed by atoms with Crippen molar-refractivity contribution in [3.8, 4) is 0 Å². The van der Waals surface area contributed by atoms with Gasteiger partial charge >= 0.3 is 0 Å². The van der Waals surface area contributed by atoms with Gasteiger partial charge in [-0.2, -0.15) is 0 Å². The molecule has 0 aliphatic rings. The van der Waals surface area contributed by atoms with E-state index in [9.17, 15) is 0 Å². The number of halogens is 1. The van der Waals surface area contributed by atoms with Gasteiger partial charge in [-0.25, -0.2) is 0 Å². The Labute approximate surface area is 371 Å². The van der Waals surface area contributed by atoms with Gasteiger partial charge < -0.3 is 0 Å². The van der Waals surface area contributed by atoms with Crippen LogP contribution in [0.3, 0.4) is 0 Å². The van der Waals surface area contributed by atoms with Crippen LogP contribution < -0.4 is 47.7 Å². The Morgan fingerprint density at radius 2 is 0.237 bits per heavy atom. The molecule has 0 atom stereocenters. The van der Waals surface area contributed by atoms with Crippen LogP contribution in [0, 0.1) is 0 Å². The molecule has 0 amide bonds. The minimum Gasteiger partial charge on any atom is -0.147 e. The van der Waals surface area contributed by atoms with E-state index in [4.69, 9.17) is 0 Å². The summed E-state index contributed by atoms with van der Waals surface area (Å²) in [5.41, 5.74) is 0. The molecule has 59 heavy (non-hydrogen) atoms. The molecule has 9 aromatic rings. The zero-order valence-corrected chi connectivity index (χ0v) is 37.1. The second-order valence-corrected chi connectivity index (χ2v) is 19.7. The van der Waals surface area contributed by atoms with E-state index in [0.717, 1.165) is 0 Å². The maximum atomic E-state index is 2.23. The number of hydrogen-bond acceptors (Lipinski definition) is 0. The summed E-state index contributed by atoms with van der Waals surface area (Å²) < 4.78 is 0. The summed E-state index contributed by atoms with van der Waals surface area (Å²) in [5, 5.41) is 12.6. The van der Waals surface area contributed by atoms with Gasteiger partial charge in [-0.1, -0.05) is 273 Å². The van der Waals surface area contributed by atoms with Crippen LogP contribution in [0.5, 0.6) is 0 Å². The van der Waals surface area contributed by atoms with E-state index >= 15 is 0 Å². The Hall–Kier alpha value is -4.93. The van der Waals surface area contributed by atoms with Crippen molar-refractivity contribution in [2.45, 2.75) is 0 Å². The van der Waals surface area contributed by atoms with E-state index in [1.807, 2.05) is 0 Å². The summed E-state index contributed by atoms with van der Waals surface area (Å²) in [6, 6.07) is 97.0. The van der Waals surface area contributed by atoms with E-state index in [-0.39, 0.29) is 29.2 Å². The summed E-state index contributed by atoms with van der Waals surface area (Å²) in [7, 11) is -1.34. The van der Waals surface area contributed by atoms with Crippen molar-refractivity contribution in [2.24, 2.45) is 0 Å². The van der Waals surface area contributed by atoms with E-state index in [0.29, 0.717) is 0 Å². The van der Waals surface area contributed by atoms with Crippen molar-refractivity contribution < 1.29 is 16.8 Å². The Morgan fingerprint density at radius 3 is 0.322 bits per heavy atom. The normalized spacial score (nSPS) is 10.2. The number of rotatable bonds is 9. The fraction of sp³-hybridized carbons (Fsp3) is 0. The molecule has 9 aromatic carbocycles. The van der Waals surface area contributed by atoms with Crippen LogP contribution in [0.2, 0.25) is 0 Å². The zero-order valence-electron chi connectivity index (χ0n) is 32.6. The third kappa shape index (κ3) is 13.0. The molecule has 5 heteroatoms. The summed E-state index contributed by atoms with van der Waals surface area (Å²) in [4.78, 5) is 0. The van der Waals surface area contributed by atoms with Crippen LogP contribution in [0.1, 0.15) is 0 Å². The average molecular weight is 882 g/mol.